The first kappa shape index (κ1) is 19.8. The van der Waals surface area contributed by atoms with Gasteiger partial charge in [0.15, 0.2) is 6.61 Å². The predicted molar refractivity (Wildman–Crippen MR) is 105 cm³/mol. The van der Waals surface area contributed by atoms with Crippen LogP contribution in [0.3, 0.4) is 0 Å². The van der Waals surface area contributed by atoms with Gasteiger partial charge in [-0.25, -0.2) is 9.59 Å². The quantitative estimate of drug-likeness (QED) is 0.617. The number of imidazole rings is 1. The van der Waals surface area contributed by atoms with Gasteiger partial charge in [0.2, 0.25) is 5.91 Å². The van der Waals surface area contributed by atoms with E-state index in [9.17, 15) is 19.2 Å². The maximum Gasteiger partial charge on any atom is 0.338 e. The second-order valence-electron chi connectivity index (χ2n) is 6.33. The lowest BCUT2D eigenvalue weighted by molar-refractivity contribution is -0.132. The lowest BCUT2D eigenvalue weighted by atomic mass is 10.1. The molecule has 8 nitrogen and oxygen atoms in total. The van der Waals surface area contributed by atoms with Gasteiger partial charge in [-0.05, 0) is 36.8 Å². The Labute approximate surface area is 166 Å². The standard InChI is InChI=1S/C21H19N3O5/c1-14-12-22-21(28)24(14)17-9-7-16(8-10-17)20(27)29-13-19(26)23-18(25)11-15-5-3-2-4-6-15/h2-10,12H,11,13H2,1H3,(H,22,28)(H,23,25,26). The van der Waals surface area contributed by atoms with Gasteiger partial charge in [-0.3, -0.25) is 19.5 Å². The van der Waals surface area contributed by atoms with Gasteiger partial charge in [-0.2, -0.15) is 0 Å². The van der Waals surface area contributed by atoms with Gasteiger partial charge in [0.25, 0.3) is 5.91 Å². The Balaban J connectivity index is 1.52. The maximum atomic E-state index is 12.1. The molecular weight excluding hydrogens is 374 g/mol. The Kier molecular flexibility index (Phi) is 6.03. The van der Waals surface area contributed by atoms with Crippen LogP contribution in [0.4, 0.5) is 0 Å². The molecule has 3 rings (SSSR count). The van der Waals surface area contributed by atoms with Crippen LogP contribution in [-0.2, 0) is 20.7 Å². The molecule has 0 unspecified atom stereocenters. The molecule has 2 amide bonds. The minimum absolute atomic E-state index is 0.0555. The van der Waals surface area contributed by atoms with Crippen LogP contribution < -0.4 is 11.0 Å². The van der Waals surface area contributed by atoms with E-state index >= 15 is 0 Å². The number of amides is 2. The smallest absolute Gasteiger partial charge is 0.338 e. The number of aromatic amines is 1. The summed E-state index contributed by atoms with van der Waals surface area (Å²) in [6.07, 6.45) is 1.64. The molecule has 0 atom stereocenters. The van der Waals surface area contributed by atoms with E-state index in [1.165, 1.54) is 16.7 Å². The van der Waals surface area contributed by atoms with Crippen molar-refractivity contribution < 1.29 is 19.1 Å². The summed E-state index contributed by atoms with van der Waals surface area (Å²) in [5.41, 5.74) is 2.02. The number of hydrogen-bond donors (Lipinski definition) is 2. The van der Waals surface area contributed by atoms with E-state index in [1.807, 2.05) is 6.07 Å². The molecule has 0 radical (unpaired) electrons. The first-order chi connectivity index (χ1) is 13.9. The first-order valence-electron chi connectivity index (χ1n) is 8.85. The summed E-state index contributed by atoms with van der Waals surface area (Å²) in [5, 5.41) is 2.18. The fourth-order valence-corrected chi connectivity index (χ4v) is 2.75. The fraction of sp³-hybridized carbons (Fsp3) is 0.143. The van der Waals surface area contributed by atoms with Crippen molar-refractivity contribution in [1.29, 1.82) is 0 Å². The SMILES string of the molecule is Cc1c[nH]c(=O)n1-c1ccc(C(=O)OCC(=O)NC(=O)Cc2ccccc2)cc1. The molecule has 0 aliphatic heterocycles. The number of H-pyrrole nitrogens is 1. The summed E-state index contributed by atoms with van der Waals surface area (Å²) in [5.74, 6) is -1.89. The molecule has 0 aliphatic carbocycles. The van der Waals surface area contributed by atoms with Crippen LogP contribution in [0.25, 0.3) is 5.69 Å². The van der Waals surface area contributed by atoms with Crippen molar-refractivity contribution >= 4 is 17.8 Å². The molecule has 0 bridgehead atoms. The average Bonchev–Trinajstić information content (AvgIpc) is 3.05. The van der Waals surface area contributed by atoms with Gasteiger partial charge in [-0.15, -0.1) is 0 Å². The van der Waals surface area contributed by atoms with Crippen LogP contribution in [0.5, 0.6) is 0 Å². The topological polar surface area (TPSA) is 110 Å². The highest BCUT2D eigenvalue weighted by Gasteiger charge is 2.13. The Morgan fingerprint density at radius 1 is 1.00 bits per heavy atom. The van der Waals surface area contributed by atoms with Gasteiger partial charge in [-0.1, -0.05) is 30.3 Å². The van der Waals surface area contributed by atoms with Crippen molar-refractivity contribution in [2.75, 3.05) is 6.61 Å². The van der Waals surface area contributed by atoms with Crippen molar-refractivity contribution in [2.24, 2.45) is 0 Å². The number of rotatable bonds is 6. The van der Waals surface area contributed by atoms with Crippen LogP contribution in [0.2, 0.25) is 0 Å². The zero-order chi connectivity index (χ0) is 20.8. The Bertz CT molecular complexity index is 1080. The second kappa shape index (κ2) is 8.83. The minimum Gasteiger partial charge on any atom is -0.452 e. The number of carbonyl (C=O) groups excluding carboxylic acids is 3. The molecule has 0 fully saturated rings. The molecule has 3 aromatic rings. The summed E-state index contributed by atoms with van der Waals surface area (Å²) in [6, 6.07) is 15.2. The van der Waals surface area contributed by atoms with E-state index in [4.69, 9.17) is 4.74 Å². The molecule has 1 heterocycles. The number of benzene rings is 2. The molecule has 1 aromatic heterocycles. The molecule has 29 heavy (non-hydrogen) atoms. The maximum absolute atomic E-state index is 12.1. The average molecular weight is 393 g/mol. The number of aryl methyl sites for hydroxylation is 1. The number of imide groups is 1. The van der Waals surface area contributed by atoms with Gasteiger partial charge in [0.05, 0.1) is 17.7 Å². The number of aromatic nitrogens is 2. The van der Waals surface area contributed by atoms with Crippen molar-refractivity contribution in [3.63, 3.8) is 0 Å². The van der Waals surface area contributed by atoms with Crippen LogP contribution in [-0.4, -0.2) is 33.9 Å². The van der Waals surface area contributed by atoms with Gasteiger partial charge in [0.1, 0.15) is 0 Å². The molecule has 2 aromatic carbocycles. The third kappa shape index (κ3) is 5.07. The van der Waals surface area contributed by atoms with Gasteiger partial charge < -0.3 is 9.72 Å². The normalized spacial score (nSPS) is 10.4. The molecule has 148 valence electrons. The highest BCUT2D eigenvalue weighted by molar-refractivity contribution is 5.98. The monoisotopic (exact) mass is 393 g/mol. The predicted octanol–water partition coefficient (Wildman–Crippen LogP) is 1.52. The largest absolute Gasteiger partial charge is 0.452 e. The molecule has 0 saturated heterocycles. The van der Waals surface area contributed by atoms with Crippen LogP contribution in [0, 0.1) is 6.92 Å². The summed E-state index contributed by atoms with van der Waals surface area (Å²) >= 11 is 0. The summed E-state index contributed by atoms with van der Waals surface area (Å²) in [7, 11) is 0. The van der Waals surface area contributed by atoms with E-state index in [2.05, 4.69) is 10.3 Å². The van der Waals surface area contributed by atoms with Crippen molar-refractivity contribution in [3.05, 3.63) is 88.1 Å². The van der Waals surface area contributed by atoms with Crippen molar-refractivity contribution in [1.82, 2.24) is 14.9 Å². The number of nitrogens with zero attached hydrogens (tertiary/aromatic N) is 1. The van der Waals surface area contributed by atoms with E-state index < -0.39 is 24.4 Å². The number of esters is 1. The molecule has 0 aliphatic rings. The lowest BCUT2D eigenvalue weighted by Crippen LogP contribution is -2.35. The van der Waals surface area contributed by atoms with Crippen molar-refractivity contribution in [2.45, 2.75) is 13.3 Å². The first-order valence-corrected chi connectivity index (χ1v) is 8.85. The highest BCUT2D eigenvalue weighted by Crippen LogP contribution is 2.11. The molecule has 8 heteroatoms. The molecule has 2 N–H and O–H groups in total. The summed E-state index contributed by atoms with van der Waals surface area (Å²) < 4.78 is 6.40. The van der Waals surface area contributed by atoms with Gasteiger partial charge in [0, 0.05) is 11.9 Å². The summed E-state index contributed by atoms with van der Waals surface area (Å²) in [6.45, 7) is 1.20. The third-order valence-corrected chi connectivity index (χ3v) is 4.14. The van der Waals surface area contributed by atoms with Crippen LogP contribution in [0.15, 0.2) is 65.6 Å². The zero-order valence-corrected chi connectivity index (χ0v) is 15.7. The number of carbonyl (C=O) groups is 3. The molecule has 0 saturated carbocycles. The highest BCUT2D eigenvalue weighted by atomic mass is 16.5. The molecular formula is C21H19N3O5. The lowest BCUT2D eigenvalue weighted by Gasteiger charge is -2.07. The van der Waals surface area contributed by atoms with E-state index in [0.29, 0.717) is 5.69 Å². The number of nitrogens with one attached hydrogen (secondary N) is 2. The Morgan fingerprint density at radius 2 is 1.69 bits per heavy atom. The zero-order valence-electron chi connectivity index (χ0n) is 15.7. The van der Waals surface area contributed by atoms with E-state index in [0.717, 1.165) is 11.3 Å². The minimum atomic E-state index is -0.708. The Morgan fingerprint density at radius 3 is 2.31 bits per heavy atom. The fourth-order valence-electron chi connectivity index (χ4n) is 2.75. The summed E-state index contributed by atoms with van der Waals surface area (Å²) in [4.78, 5) is 50.1. The van der Waals surface area contributed by atoms with E-state index in [-0.39, 0.29) is 17.7 Å². The van der Waals surface area contributed by atoms with E-state index in [1.54, 1.807) is 49.5 Å². The van der Waals surface area contributed by atoms with Crippen molar-refractivity contribution in [3.8, 4) is 5.69 Å². The molecule has 0 spiro atoms. The Hall–Kier alpha value is -3.94. The number of hydrogen-bond acceptors (Lipinski definition) is 5. The third-order valence-electron chi connectivity index (χ3n) is 4.14. The number of ether oxygens (including phenoxy) is 1. The van der Waals surface area contributed by atoms with Gasteiger partial charge >= 0.3 is 11.7 Å². The van der Waals surface area contributed by atoms with Crippen LogP contribution >= 0.6 is 0 Å². The van der Waals surface area contributed by atoms with Crippen LogP contribution in [0.1, 0.15) is 21.6 Å². The second-order valence-corrected chi connectivity index (χ2v) is 6.33.